The Labute approximate surface area is 70.5 Å². The van der Waals surface area contributed by atoms with Crippen LogP contribution in [0.1, 0.15) is 5.69 Å². The fourth-order valence-electron chi connectivity index (χ4n) is 0.931. The topological polar surface area (TPSA) is 36.4 Å². The minimum absolute atomic E-state index is 0.0844. The van der Waals surface area contributed by atoms with Crippen LogP contribution < -0.4 is 4.90 Å². The standard InChI is InChI=1S/C8H11FN2O/c1-11(2)7-3-4-10-6(5-12)8(7)9/h3-4,12H,5H2,1-2H3. The van der Waals surface area contributed by atoms with Crippen LogP contribution in [0.25, 0.3) is 0 Å². The van der Waals surface area contributed by atoms with E-state index in [4.69, 9.17) is 5.11 Å². The first-order valence-electron chi connectivity index (χ1n) is 3.58. The molecule has 0 aliphatic heterocycles. The van der Waals surface area contributed by atoms with Crippen molar-refractivity contribution >= 4 is 5.69 Å². The summed E-state index contributed by atoms with van der Waals surface area (Å²) < 4.78 is 13.3. The van der Waals surface area contributed by atoms with Gasteiger partial charge in [-0.1, -0.05) is 0 Å². The summed E-state index contributed by atoms with van der Waals surface area (Å²) in [6.45, 7) is -0.368. The van der Waals surface area contributed by atoms with E-state index in [1.807, 2.05) is 0 Å². The minimum Gasteiger partial charge on any atom is -0.390 e. The molecule has 0 atom stereocenters. The summed E-state index contributed by atoms with van der Waals surface area (Å²) >= 11 is 0. The Morgan fingerprint density at radius 1 is 1.58 bits per heavy atom. The van der Waals surface area contributed by atoms with Crippen LogP contribution in [0.2, 0.25) is 0 Å². The Hall–Kier alpha value is -1.16. The summed E-state index contributed by atoms with van der Waals surface area (Å²) in [4.78, 5) is 5.32. The molecule has 0 fully saturated rings. The highest BCUT2D eigenvalue weighted by molar-refractivity contribution is 5.46. The van der Waals surface area contributed by atoms with Crippen molar-refractivity contribution in [2.45, 2.75) is 6.61 Å². The summed E-state index contributed by atoms with van der Waals surface area (Å²) in [5.41, 5.74) is 0.523. The molecule has 0 aromatic carbocycles. The molecule has 1 rings (SSSR count). The van der Waals surface area contributed by atoms with E-state index in [-0.39, 0.29) is 12.3 Å². The van der Waals surface area contributed by atoms with Gasteiger partial charge in [-0.15, -0.1) is 0 Å². The molecule has 1 aromatic rings. The van der Waals surface area contributed by atoms with Crippen LogP contribution in [-0.4, -0.2) is 24.2 Å². The van der Waals surface area contributed by atoms with E-state index in [2.05, 4.69) is 4.98 Å². The molecule has 0 saturated heterocycles. The van der Waals surface area contributed by atoms with Crippen molar-refractivity contribution in [3.05, 3.63) is 23.8 Å². The van der Waals surface area contributed by atoms with E-state index in [0.29, 0.717) is 5.69 Å². The van der Waals surface area contributed by atoms with Crippen molar-refractivity contribution < 1.29 is 9.50 Å². The Morgan fingerprint density at radius 2 is 2.25 bits per heavy atom. The molecule has 0 amide bonds. The van der Waals surface area contributed by atoms with E-state index in [1.54, 1.807) is 25.1 Å². The number of aromatic nitrogens is 1. The third-order valence-electron chi connectivity index (χ3n) is 1.57. The van der Waals surface area contributed by atoms with Crippen molar-refractivity contribution in [2.24, 2.45) is 0 Å². The number of halogens is 1. The Morgan fingerprint density at radius 3 is 2.75 bits per heavy atom. The van der Waals surface area contributed by atoms with Gasteiger partial charge in [0.2, 0.25) is 0 Å². The van der Waals surface area contributed by atoms with E-state index in [0.717, 1.165) is 0 Å². The number of aliphatic hydroxyl groups is 1. The second kappa shape index (κ2) is 3.49. The zero-order valence-electron chi connectivity index (χ0n) is 7.08. The molecule has 3 nitrogen and oxygen atoms in total. The molecule has 1 N–H and O–H groups in total. The maximum Gasteiger partial charge on any atom is 0.170 e. The predicted molar refractivity (Wildman–Crippen MR) is 44.4 cm³/mol. The van der Waals surface area contributed by atoms with E-state index >= 15 is 0 Å². The number of pyridine rings is 1. The first kappa shape index (κ1) is 8.93. The van der Waals surface area contributed by atoms with Gasteiger partial charge in [-0.05, 0) is 6.07 Å². The highest BCUT2D eigenvalue weighted by Gasteiger charge is 2.08. The Bertz CT molecular complexity index is 276. The summed E-state index contributed by atoms with van der Waals surface area (Å²) in [5.74, 6) is -0.454. The zero-order chi connectivity index (χ0) is 9.14. The van der Waals surface area contributed by atoms with E-state index < -0.39 is 5.82 Å². The number of anilines is 1. The van der Waals surface area contributed by atoms with Crippen LogP contribution in [0.3, 0.4) is 0 Å². The Kier molecular flexibility index (Phi) is 2.60. The number of nitrogens with zero attached hydrogens (tertiary/aromatic N) is 2. The molecular weight excluding hydrogens is 159 g/mol. The molecule has 0 unspecified atom stereocenters. The van der Waals surface area contributed by atoms with Crippen molar-refractivity contribution in [2.75, 3.05) is 19.0 Å². The molecule has 0 spiro atoms. The Balaban J connectivity index is 3.14. The first-order valence-corrected chi connectivity index (χ1v) is 3.58. The van der Waals surface area contributed by atoms with Gasteiger partial charge < -0.3 is 10.0 Å². The van der Waals surface area contributed by atoms with E-state index in [9.17, 15) is 4.39 Å². The van der Waals surface area contributed by atoms with Gasteiger partial charge in [0.15, 0.2) is 5.82 Å². The summed E-state index contributed by atoms with van der Waals surface area (Å²) in [6.07, 6.45) is 1.48. The molecule has 0 saturated carbocycles. The lowest BCUT2D eigenvalue weighted by molar-refractivity contribution is 0.270. The minimum atomic E-state index is -0.454. The number of rotatable bonds is 2. The summed E-state index contributed by atoms with van der Waals surface area (Å²) in [7, 11) is 3.47. The molecule has 0 bridgehead atoms. The zero-order valence-corrected chi connectivity index (χ0v) is 7.08. The maximum atomic E-state index is 13.3. The third kappa shape index (κ3) is 1.53. The highest BCUT2D eigenvalue weighted by Crippen LogP contribution is 2.17. The van der Waals surface area contributed by atoms with E-state index in [1.165, 1.54) is 6.20 Å². The molecule has 1 heterocycles. The van der Waals surface area contributed by atoms with Gasteiger partial charge in [-0.25, -0.2) is 4.39 Å². The second-order valence-electron chi connectivity index (χ2n) is 2.64. The average Bonchev–Trinajstić information content (AvgIpc) is 2.04. The average molecular weight is 170 g/mol. The van der Waals surface area contributed by atoms with Crippen LogP contribution in [0.15, 0.2) is 12.3 Å². The molecule has 0 aliphatic carbocycles. The summed E-state index contributed by atoms with van der Waals surface area (Å²) in [5, 5.41) is 8.70. The van der Waals surface area contributed by atoms with Gasteiger partial charge in [-0.3, -0.25) is 4.98 Å². The lowest BCUT2D eigenvalue weighted by atomic mass is 10.3. The van der Waals surface area contributed by atoms with Gasteiger partial charge in [0, 0.05) is 20.3 Å². The number of hydrogen-bond acceptors (Lipinski definition) is 3. The normalized spacial score (nSPS) is 10.0. The monoisotopic (exact) mass is 170 g/mol. The first-order chi connectivity index (χ1) is 5.66. The second-order valence-corrected chi connectivity index (χ2v) is 2.64. The fourth-order valence-corrected chi connectivity index (χ4v) is 0.931. The quantitative estimate of drug-likeness (QED) is 0.712. The molecule has 1 aromatic heterocycles. The summed E-state index contributed by atoms with van der Waals surface area (Å²) in [6, 6.07) is 1.56. The SMILES string of the molecule is CN(C)c1ccnc(CO)c1F. The van der Waals surface area contributed by atoms with Gasteiger partial charge in [0.1, 0.15) is 5.69 Å². The molecule has 4 heteroatoms. The van der Waals surface area contributed by atoms with Gasteiger partial charge in [0.05, 0.1) is 12.3 Å². The highest BCUT2D eigenvalue weighted by atomic mass is 19.1. The number of hydrogen-bond donors (Lipinski definition) is 1. The van der Waals surface area contributed by atoms with Gasteiger partial charge >= 0.3 is 0 Å². The van der Waals surface area contributed by atoms with Crippen LogP contribution in [0, 0.1) is 5.82 Å². The van der Waals surface area contributed by atoms with Crippen LogP contribution >= 0.6 is 0 Å². The lowest BCUT2D eigenvalue weighted by Crippen LogP contribution is -2.12. The van der Waals surface area contributed by atoms with Crippen LogP contribution in [0.4, 0.5) is 10.1 Å². The lowest BCUT2D eigenvalue weighted by Gasteiger charge is -2.13. The van der Waals surface area contributed by atoms with Crippen LogP contribution in [0.5, 0.6) is 0 Å². The maximum absolute atomic E-state index is 13.3. The van der Waals surface area contributed by atoms with Crippen molar-refractivity contribution in [3.63, 3.8) is 0 Å². The van der Waals surface area contributed by atoms with Crippen molar-refractivity contribution in [1.29, 1.82) is 0 Å². The fraction of sp³-hybridized carbons (Fsp3) is 0.375. The molecule has 12 heavy (non-hydrogen) atoms. The molecule has 0 aliphatic rings. The molecule has 0 radical (unpaired) electrons. The van der Waals surface area contributed by atoms with Gasteiger partial charge in [0.25, 0.3) is 0 Å². The van der Waals surface area contributed by atoms with Crippen molar-refractivity contribution in [1.82, 2.24) is 4.98 Å². The number of aliphatic hydroxyl groups excluding tert-OH is 1. The van der Waals surface area contributed by atoms with Crippen LogP contribution in [-0.2, 0) is 6.61 Å². The third-order valence-corrected chi connectivity index (χ3v) is 1.57. The smallest absolute Gasteiger partial charge is 0.170 e. The molecular formula is C8H11FN2O. The van der Waals surface area contributed by atoms with Gasteiger partial charge in [-0.2, -0.15) is 0 Å². The largest absolute Gasteiger partial charge is 0.390 e. The molecule has 66 valence electrons. The van der Waals surface area contributed by atoms with Crippen molar-refractivity contribution in [3.8, 4) is 0 Å². The predicted octanol–water partition coefficient (Wildman–Crippen LogP) is 0.779.